The maximum atomic E-state index is 12.9. The Hall–Kier alpha value is -4.26. The van der Waals surface area contributed by atoms with Crippen LogP contribution in [0.15, 0.2) is 84.9 Å². The van der Waals surface area contributed by atoms with E-state index >= 15 is 0 Å². The number of esters is 1. The summed E-state index contributed by atoms with van der Waals surface area (Å²) in [5, 5.41) is 2.18. The third-order valence-electron chi connectivity index (χ3n) is 4.65. The van der Waals surface area contributed by atoms with Gasteiger partial charge in [0.1, 0.15) is 0 Å². The van der Waals surface area contributed by atoms with Crippen LogP contribution in [0.1, 0.15) is 26.3 Å². The van der Waals surface area contributed by atoms with Gasteiger partial charge in [-0.25, -0.2) is 4.79 Å². The van der Waals surface area contributed by atoms with Crippen molar-refractivity contribution in [3.8, 4) is 0 Å². The van der Waals surface area contributed by atoms with Gasteiger partial charge in [0.15, 0.2) is 6.61 Å². The molecule has 0 radical (unpaired) electrons. The fourth-order valence-corrected chi connectivity index (χ4v) is 3.02. The lowest BCUT2D eigenvalue weighted by Gasteiger charge is -2.18. The van der Waals surface area contributed by atoms with Crippen molar-refractivity contribution < 1.29 is 23.9 Å². The molecule has 0 heterocycles. The zero-order valence-corrected chi connectivity index (χ0v) is 17.5. The Labute approximate surface area is 185 Å². The van der Waals surface area contributed by atoms with Gasteiger partial charge in [0.25, 0.3) is 11.8 Å². The first-order valence-corrected chi connectivity index (χ1v) is 9.91. The molecule has 7 nitrogen and oxygen atoms in total. The Morgan fingerprint density at radius 1 is 0.750 bits per heavy atom. The van der Waals surface area contributed by atoms with Crippen molar-refractivity contribution in [1.29, 1.82) is 0 Å². The lowest BCUT2D eigenvalue weighted by molar-refractivity contribution is -0.132. The lowest BCUT2D eigenvalue weighted by Crippen LogP contribution is -2.35. The van der Waals surface area contributed by atoms with Crippen molar-refractivity contribution in [3.63, 3.8) is 0 Å². The van der Waals surface area contributed by atoms with E-state index in [0.29, 0.717) is 5.69 Å². The minimum Gasteiger partial charge on any atom is -0.452 e. The van der Waals surface area contributed by atoms with Crippen LogP contribution in [0.25, 0.3) is 0 Å². The number of carbonyl (C=O) groups is 4. The van der Waals surface area contributed by atoms with E-state index in [-0.39, 0.29) is 17.5 Å². The molecule has 3 aromatic rings. The van der Waals surface area contributed by atoms with E-state index in [1.807, 2.05) is 12.1 Å². The summed E-state index contributed by atoms with van der Waals surface area (Å²) < 4.78 is 5.04. The number of ether oxygens (including phenoxy) is 1. The van der Waals surface area contributed by atoms with Gasteiger partial charge in [0.2, 0.25) is 5.91 Å². The molecule has 1 N–H and O–H groups in total. The standard InChI is InChI=1S/C25H22N2O5/c1-27(19-12-6-3-7-13-19)24(30)20-14-8-9-15-21(20)25(31)32-17-23(29)26-22(28)16-18-10-4-2-5-11-18/h2-15H,16-17H2,1H3,(H,26,28,29). The van der Waals surface area contributed by atoms with Gasteiger partial charge >= 0.3 is 5.97 Å². The van der Waals surface area contributed by atoms with Gasteiger partial charge in [0, 0.05) is 12.7 Å². The van der Waals surface area contributed by atoms with Gasteiger partial charge in [-0.05, 0) is 29.8 Å². The molecule has 32 heavy (non-hydrogen) atoms. The zero-order chi connectivity index (χ0) is 22.9. The Bertz CT molecular complexity index is 1110. The van der Waals surface area contributed by atoms with Crippen molar-refractivity contribution in [2.45, 2.75) is 6.42 Å². The average molecular weight is 430 g/mol. The largest absolute Gasteiger partial charge is 0.452 e. The second-order valence-electron chi connectivity index (χ2n) is 6.96. The maximum absolute atomic E-state index is 12.9. The van der Waals surface area contributed by atoms with Gasteiger partial charge in [-0.3, -0.25) is 19.7 Å². The molecule has 0 fully saturated rings. The van der Waals surface area contributed by atoms with E-state index in [0.717, 1.165) is 5.56 Å². The van der Waals surface area contributed by atoms with Gasteiger partial charge in [-0.2, -0.15) is 0 Å². The zero-order valence-electron chi connectivity index (χ0n) is 17.5. The summed E-state index contributed by atoms with van der Waals surface area (Å²) in [6, 6.07) is 24.1. The van der Waals surface area contributed by atoms with Crippen LogP contribution < -0.4 is 10.2 Å². The number of nitrogens with one attached hydrogen (secondary N) is 1. The molecule has 0 spiro atoms. The summed E-state index contributed by atoms with van der Waals surface area (Å²) in [4.78, 5) is 50.9. The molecular weight excluding hydrogens is 408 g/mol. The highest BCUT2D eigenvalue weighted by molar-refractivity contribution is 6.12. The molecular formula is C25H22N2O5. The van der Waals surface area contributed by atoms with E-state index < -0.39 is 30.3 Å². The highest BCUT2D eigenvalue weighted by Crippen LogP contribution is 2.18. The normalized spacial score (nSPS) is 10.2. The van der Waals surface area contributed by atoms with Crippen molar-refractivity contribution in [2.75, 3.05) is 18.6 Å². The molecule has 0 unspecified atom stereocenters. The summed E-state index contributed by atoms with van der Waals surface area (Å²) in [6.45, 7) is -0.642. The van der Waals surface area contributed by atoms with Crippen LogP contribution in [-0.4, -0.2) is 37.3 Å². The molecule has 0 saturated heterocycles. The first-order valence-electron chi connectivity index (χ1n) is 9.91. The SMILES string of the molecule is CN(C(=O)c1ccccc1C(=O)OCC(=O)NC(=O)Cc1ccccc1)c1ccccc1. The summed E-state index contributed by atoms with van der Waals surface area (Å²) in [5.41, 5.74) is 1.59. The van der Waals surface area contributed by atoms with Crippen LogP contribution >= 0.6 is 0 Å². The quantitative estimate of drug-likeness (QED) is 0.582. The fraction of sp³-hybridized carbons (Fsp3) is 0.120. The predicted molar refractivity (Wildman–Crippen MR) is 119 cm³/mol. The average Bonchev–Trinajstić information content (AvgIpc) is 2.82. The number of hydrogen-bond donors (Lipinski definition) is 1. The number of benzene rings is 3. The van der Waals surface area contributed by atoms with Crippen LogP contribution in [-0.2, 0) is 20.7 Å². The molecule has 3 amide bonds. The molecule has 0 saturated carbocycles. The smallest absolute Gasteiger partial charge is 0.339 e. The van der Waals surface area contributed by atoms with Crippen molar-refractivity contribution in [1.82, 2.24) is 5.32 Å². The Balaban J connectivity index is 1.60. The molecule has 0 aliphatic carbocycles. The van der Waals surface area contributed by atoms with Gasteiger partial charge in [-0.15, -0.1) is 0 Å². The second-order valence-corrected chi connectivity index (χ2v) is 6.96. The van der Waals surface area contributed by atoms with Crippen molar-refractivity contribution >= 4 is 29.4 Å². The Kier molecular flexibility index (Phi) is 7.48. The summed E-state index contributed by atoms with van der Waals surface area (Å²) >= 11 is 0. The van der Waals surface area contributed by atoms with Gasteiger partial charge in [0.05, 0.1) is 17.5 Å². The number of para-hydroxylation sites is 1. The first kappa shape index (κ1) is 22.4. The Morgan fingerprint density at radius 3 is 1.97 bits per heavy atom. The molecule has 162 valence electrons. The van der Waals surface area contributed by atoms with Crippen LogP contribution in [0.5, 0.6) is 0 Å². The van der Waals surface area contributed by atoms with Gasteiger partial charge in [-0.1, -0.05) is 60.7 Å². The van der Waals surface area contributed by atoms with Crippen LogP contribution in [0, 0.1) is 0 Å². The number of imide groups is 1. The van der Waals surface area contributed by atoms with Crippen LogP contribution in [0.4, 0.5) is 5.69 Å². The first-order chi connectivity index (χ1) is 15.5. The predicted octanol–water partition coefficient (Wildman–Crippen LogP) is 3.01. The summed E-state index contributed by atoms with van der Waals surface area (Å²) in [6.07, 6.45) is 0.0314. The number of anilines is 1. The number of hydrogen-bond acceptors (Lipinski definition) is 5. The van der Waals surface area contributed by atoms with Crippen molar-refractivity contribution in [3.05, 3.63) is 102 Å². The number of rotatable bonds is 7. The van der Waals surface area contributed by atoms with E-state index in [4.69, 9.17) is 4.74 Å². The Morgan fingerprint density at radius 2 is 1.31 bits per heavy atom. The number of carbonyl (C=O) groups excluding carboxylic acids is 4. The molecule has 0 atom stereocenters. The minimum atomic E-state index is -0.832. The second kappa shape index (κ2) is 10.7. The molecule has 3 rings (SSSR count). The molecule has 0 aliphatic rings. The van der Waals surface area contributed by atoms with E-state index in [1.54, 1.807) is 67.7 Å². The highest BCUT2D eigenvalue weighted by Gasteiger charge is 2.22. The molecule has 0 aromatic heterocycles. The van der Waals surface area contributed by atoms with E-state index in [1.165, 1.54) is 17.0 Å². The molecule has 3 aromatic carbocycles. The lowest BCUT2D eigenvalue weighted by atomic mass is 10.1. The minimum absolute atomic E-state index is 0.0312. The van der Waals surface area contributed by atoms with E-state index in [9.17, 15) is 19.2 Å². The van der Waals surface area contributed by atoms with Crippen LogP contribution in [0.3, 0.4) is 0 Å². The topological polar surface area (TPSA) is 92.8 Å². The van der Waals surface area contributed by atoms with Gasteiger partial charge < -0.3 is 9.64 Å². The van der Waals surface area contributed by atoms with Crippen LogP contribution in [0.2, 0.25) is 0 Å². The molecule has 0 aliphatic heterocycles. The summed E-state index contributed by atoms with van der Waals surface area (Å²) in [7, 11) is 1.60. The van der Waals surface area contributed by atoms with Crippen molar-refractivity contribution in [2.24, 2.45) is 0 Å². The molecule has 7 heteroatoms. The third-order valence-corrected chi connectivity index (χ3v) is 4.65. The molecule has 0 bridgehead atoms. The number of amides is 3. The summed E-state index contributed by atoms with van der Waals surface area (Å²) in [5.74, 6) is -2.48. The third kappa shape index (κ3) is 5.89. The highest BCUT2D eigenvalue weighted by atomic mass is 16.5. The number of nitrogens with zero attached hydrogens (tertiary/aromatic N) is 1. The fourth-order valence-electron chi connectivity index (χ4n) is 3.02. The van der Waals surface area contributed by atoms with E-state index in [2.05, 4.69) is 5.32 Å². The maximum Gasteiger partial charge on any atom is 0.339 e. The monoisotopic (exact) mass is 430 g/mol.